The van der Waals surface area contributed by atoms with Crippen LogP contribution in [0.4, 0.5) is 11.4 Å². The monoisotopic (exact) mass is 503 g/mol. The van der Waals surface area contributed by atoms with Crippen LogP contribution in [0.1, 0.15) is 32.7 Å². The molecule has 1 heterocycles. The molecule has 11 heteroatoms. The fourth-order valence-electron chi connectivity index (χ4n) is 3.19. The number of hydrogen-bond acceptors (Lipinski definition) is 7. The number of ether oxygens (including phenoxy) is 2. The van der Waals surface area contributed by atoms with Crippen LogP contribution in [0.3, 0.4) is 0 Å². The molecule has 34 heavy (non-hydrogen) atoms. The number of hydrogen-bond donors (Lipinski definition) is 2. The van der Waals surface area contributed by atoms with Gasteiger partial charge in [-0.1, -0.05) is 35.5 Å². The Balaban J connectivity index is 1.64. The summed E-state index contributed by atoms with van der Waals surface area (Å²) >= 11 is 7.46. The molecule has 2 amide bonds. The fraction of sp³-hybridized carbons (Fsp3) is 0.304. The molecule has 180 valence electrons. The van der Waals surface area contributed by atoms with Gasteiger partial charge in [0.05, 0.1) is 23.6 Å². The highest BCUT2D eigenvalue weighted by molar-refractivity contribution is 7.99. The van der Waals surface area contributed by atoms with Crippen LogP contribution in [0.5, 0.6) is 11.5 Å². The van der Waals surface area contributed by atoms with Crippen LogP contribution in [-0.2, 0) is 16.1 Å². The highest BCUT2D eigenvalue weighted by atomic mass is 35.5. The Morgan fingerprint density at radius 1 is 1.15 bits per heavy atom. The zero-order chi connectivity index (χ0) is 24.7. The lowest BCUT2D eigenvalue weighted by Gasteiger charge is -2.16. The maximum atomic E-state index is 12.5. The van der Waals surface area contributed by atoms with Gasteiger partial charge in [-0.2, -0.15) is 0 Å². The average molecular weight is 504 g/mol. The van der Waals surface area contributed by atoms with E-state index >= 15 is 0 Å². The third-order valence-electron chi connectivity index (χ3n) is 4.69. The number of carbonyl (C=O) groups is 2. The number of methoxy groups -OCH3 is 1. The molecular weight excluding hydrogens is 478 g/mol. The molecule has 1 atom stereocenters. The van der Waals surface area contributed by atoms with E-state index in [1.54, 1.807) is 30.3 Å². The summed E-state index contributed by atoms with van der Waals surface area (Å²) in [5, 5.41) is 15.1. The molecule has 3 aromatic rings. The number of nitrogens with one attached hydrogen (secondary N) is 2. The van der Waals surface area contributed by atoms with Gasteiger partial charge in [-0.15, -0.1) is 10.2 Å². The van der Waals surface area contributed by atoms with Crippen molar-refractivity contribution in [2.24, 2.45) is 0 Å². The quantitative estimate of drug-likeness (QED) is 0.383. The predicted molar refractivity (Wildman–Crippen MR) is 133 cm³/mol. The van der Waals surface area contributed by atoms with Crippen molar-refractivity contribution in [3.63, 3.8) is 0 Å². The van der Waals surface area contributed by atoms with Crippen molar-refractivity contribution in [2.45, 2.75) is 38.6 Å². The molecule has 0 saturated heterocycles. The molecular formula is C23H26ClN5O4S. The molecule has 0 aliphatic rings. The average Bonchev–Trinajstić information content (AvgIpc) is 3.22. The summed E-state index contributed by atoms with van der Waals surface area (Å²) in [6.45, 7) is 5.86. The van der Waals surface area contributed by atoms with Gasteiger partial charge in [-0.25, -0.2) is 0 Å². The van der Waals surface area contributed by atoms with Crippen molar-refractivity contribution < 1.29 is 19.1 Å². The molecule has 0 aliphatic carbocycles. The highest BCUT2D eigenvalue weighted by Crippen LogP contribution is 2.30. The van der Waals surface area contributed by atoms with E-state index in [0.29, 0.717) is 45.4 Å². The first-order valence-electron chi connectivity index (χ1n) is 10.5. The molecule has 3 rings (SSSR count). The number of halogens is 1. The van der Waals surface area contributed by atoms with Gasteiger partial charge in [0.25, 0.3) is 0 Å². The Labute approximate surface area is 207 Å². The molecule has 0 aliphatic heterocycles. The fourth-order valence-corrected chi connectivity index (χ4v) is 4.18. The molecule has 0 fully saturated rings. The lowest BCUT2D eigenvalue weighted by Crippen LogP contribution is -2.16. The van der Waals surface area contributed by atoms with Gasteiger partial charge in [0.2, 0.25) is 11.8 Å². The van der Waals surface area contributed by atoms with Crippen molar-refractivity contribution in [3.8, 4) is 11.5 Å². The number of benzene rings is 2. The number of aromatic nitrogens is 3. The predicted octanol–water partition coefficient (Wildman–Crippen LogP) is 4.79. The van der Waals surface area contributed by atoms with Gasteiger partial charge in [0, 0.05) is 19.2 Å². The Morgan fingerprint density at radius 2 is 1.91 bits per heavy atom. The third-order valence-corrected chi connectivity index (χ3v) is 5.97. The topological polar surface area (TPSA) is 107 Å². The van der Waals surface area contributed by atoms with Gasteiger partial charge in [0.15, 0.2) is 17.1 Å². The van der Waals surface area contributed by atoms with Gasteiger partial charge < -0.3 is 24.7 Å². The van der Waals surface area contributed by atoms with Crippen LogP contribution < -0.4 is 20.1 Å². The smallest absolute Gasteiger partial charge is 0.234 e. The van der Waals surface area contributed by atoms with Crippen LogP contribution >= 0.6 is 23.4 Å². The zero-order valence-electron chi connectivity index (χ0n) is 19.3. The van der Waals surface area contributed by atoms with Crippen LogP contribution in [0.2, 0.25) is 5.02 Å². The van der Waals surface area contributed by atoms with Gasteiger partial charge in [-0.05, 0) is 44.2 Å². The van der Waals surface area contributed by atoms with E-state index in [2.05, 4.69) is 20.8 Å². The maximum absolute atomic E-state index is 12.5. The second-order valence-electron chi connectivity index (χ2n) is 7.21. The summed E-state index contributed by atoms with van der Waals surface area (Å²) in [6.07, 6.45) is -0.387. The summed E-state index contributed by atoms with van der Waals surface area (Å²) in [5.41, 5.74) is 1.01. The minimum Gasteiger partial charge on any atom is -0.495 e. The largest absolute Gasteiger partial charge is 0.495 e. The molecule has 0 saturated carbocycles. The van der Waals surface area contributed by atoms with Crippen molar-refractivity contribution >= 4 is 46.6 Å². The second kappa shape index (κ2) is 11.8. The Morgan fingerprint density at radius 3 is 2.59 bits per heavy atom. The molecule has 0 radical (unpaired) electrons. The van der Waals surface area contributed by atoms with E-state index in [4.69, 9.17) is 21.1 Å². The number of nitrogens with zero attached hydrogens (tertiary/aromatic N) is 3. The summed E-state index contributed by atoms with van der Waals surface area (Å²) in [6, 6.07) is 12.3. The number of carbonyl (C=O) groups excluding carboxylic acids is 2. The first-order valence-corrected chi connectivity index (χ1v) is 11.9. The van der Waals surface area contributed by atoms with Crippen LogP contribution in [0, 0.1) is 0 Å². The van der Waals surface area contributed by atoms with E-state index in [1.165, 1.54) is 25.8 Å². The van der Waals surface area contributed by atoms with Gasteiger partial charge in [0.1, 0.15) is 11.5 Å². The Bertz CT molecular complexity index is 1170. The molecule has 0 bridgehead atoms. The van der Waals surface area contributed by atoms with Crippen LogP contribution in [0.15, 0.2) is 47.6 Å². The first-order chi connectivity index (χ1) is 16.3. The van der Waals surface area contributed by atoms with Crippen molar-refractivity contribution in [1.82, 2.24) is 14.8 Å². The van der Waals surface area contributed by atoms with E-state index in [-0.39, 0.29) is 23.7 Å². The minimum absolute atomic E-state index is 0.124. The van der Waals surface area contributed by atoms with Crippen LogP contribution in [-0.4, -0.2) is 39.4 Å². The lowest BCUT2D eigenvalue weighted by atomic mass is 10.2. The molecule has 1 unspecified atom stereocenters. The van der Waals surface area contributed by atoms with Crippen molar-refractivity contribution in [2.75, 3.05) is 23.5 Å². The van der Waals surface area contributed by atoms with E-state index < -0.39 is 0 Å². The molecule has 9 nitrogen and oxygen atoms in total. The third kappa shape index (κ3) is 6.42. The number of amides is 2. The summed E-state index contributed by atoms with van der Waals surface area (Å²) in [4.78, 5) is 24.0. The van der Waals surface area contributed by atoms with Gasteiger partial charge in [-0.3, -0.25) is 9.59 Å². The summed E-state index contributed by atoms with van der Waals surface area (Å²) in [5.74, 6) is 1.37. The molecule has 2 N–H and O–H groups in total. The zero-order valence-corrected chi connectivity index (χ0v) is 20.9. The van der Waals surface area contributed by atoms with E-state index in [0.717, 1.165) is 0 Å². The lowest BCUT2D eigenvalue weighted by molar-refractivity contribution is -0.114. The van der Waals surface area contributed by atoms with E-state index in [1.807, 2.05) is 30.5 Å². The molecule has 1 aromatic heterocycles. The van der Waals surface area contributed by atoms with E-state index in [9.17, 15) is 9.59 Å². The number of thioether (sulfide) groups is 1. The Kier molecular flexibility index (Phi) is 8.78. The standard InChI is InChI=1S/C23H26ClN5O4S/c1-5-29-22(14(2)33-19-9-7-6-8-17(19)24)27-28-23(29)34-13-21(31)26-16-10-11-20(32-4)18(12-16)25-15(3)30/h6-12,14H,5,13H2,1-4H3,(H,25,30)(H,26,31). The molecule has 2 aromatic carbocycles. The highest BCUT2D eigenvalue weighted by Gasteiger charge is 2.20. The number of anilines is 2. The normalized spacial score (nSPS) is 11.6. The van der Waals surface area contributed by atoms with Crippen molar-refractivity contribution in [3.05, 3.63) is 53.3 Å². The number of rotatable bonds is 10. The number of para-hydroxylation sites is 1. The first kappa shape index (κ1) is 25.4. The SMILES string of the molecule is CCn1c(SCC(=O)Nc2ccc(OC)c(NC(C)=O)c2)nnc1C(C)Oc1ccccc1Cl. The molecule has 0 spiro atoms. The van der Waals surface area contributed by atoms with Crippen LogP contribution in [0.25, 0.3) is 0 Å². The van der Waals surface area contributed by atoms with Crippen molar-refractivity contribution in [1.29, 1.82) is 0 Å². The minimum atomic E-state index is -0.387. The summed E-state index contributed by atoms with van der Waals surface area (Å²) < 4.78 is 13.1. The Hall–Kier alpha value is -3.24. The van der Waals surface area contributed by atoms with Gasteiger partial charge >= 0.3 is 0 Å². The summed E-state index contributed by atoms with van der Waals surface area (Å²) in [7, 11) is 1.51. The second-order valence-corrected chi connectivity index (χ2v) is 8.56. The maximum Gasteiger partial charge on any atom is 0.234 e.